The van der Waals surface area contributed by atoms with Gasteiger partial charge >= 0.3 is 5.69 Å². The monoisotopic (exact) mass is 358 g/mol. The van der Waals surface area contributed by atoms with Gasteiger partial charge in [0.2, 0.25) is 11.6 Å². The van der Waals surface area contributed by atoms with Crippen LogP contribution in [0.25, 0.3) is 4.85 Å². The Labute approximate surface area is 151 Å². The molecule has 1 aromatic heterocycles. The normalized spacial score (nSPS) is 32.4. The second kappa shape index (κ2) is 6.17. The molecular formula is C18H22N4O2S. The largest absolute Gasteiger partial charge is 0.350 e. The predicted octanol–water partition coefficient (Wildman–Crippen LogP) is 2.81. The van der Waals surface area contributed by atoms with Gasteiger partial charge in [-0.2, -0.15) is 4.98 Å². The summed E-state index contributed by atoms with van der Waals surface area (Å²) in [6.07, 6.45) is 7.37. The van der Waals surface area contributed by atoms with Crippen molar-refractivity contribution >= 4 is 23.4 Å². The molecule has 2 N–H and O–H groups in total. The van der Waals surface area contributed by atoms with Gasteiger partial charge in [0.15, 0.2) is 0 Å². The third-order valence-corrected chi connectivity index (χ3v) is 6.91. The number of aromatic amines is 1. The van der Waals surface area contributed by atoms with Crippen LogP contribution in [0.2, 0.25) is 0 Å². The second-order valence-electron chi connectivity index (χ2n) is 7.97. The second-order valence-corrected chi connectivity index (χ2v) is 8.93. The Bertz CT molecular complexity index is 775. The van der Waals surface area contributed by atoms with E-state index in [2.05, 4.69) is 20.1 Å². The molecule has 0 aliphatic heterocycles. The molecule has 6 nitrogen and oxygen atoms in total. The quantitative estimate of drug-likeness (QED) is 0.493. The van der Waals surface area contributed by atoms with Crippen LogP contribution in [0.4, 0.5) is 5.69 Å². The summed E-state index contributed by atoms with van der Waals surface area (Å²) < 4.78 is 0. The highest BCUT2D eigenvalue weighted by Gasteiger charge is 2.51. The van der Waals surface area contributed by atoms with E-state index in [4.69, 9.17) is 6.57 Å². The number of aromatic nitrogens is 2. The van der Waals surface area contributed by atoms with Crippen LogP contribution in [0.15, 0.2) is 9.82 Å². The lowest BCUT2D eigenvalue weighted by molar-refractivity contribution is -0.124. The van der Waals surface area contributed by atoms with Gasteiger partial charge in [-0.1, -0.05) is 0 Å². The van der Waals surface area contributed by atoms with Gasteiger partial charge in [0.1, 0.15) is 5.03 Å². The summed E-state index contributed by atoms with van der Waals surface area (Å²) in [5, 5.41) is 3.65. The molecule has 4 aliphatic carbocycles. The van der Waals surface area contributed by atoms with E-state index in [1.54, 1.807) is 6.92 Å². The molecule has 0 saturated heterocycles. The molecule has 0 unspecified atom stereocenters. The maximum atomic E-state index is 12.5. The summed E-state index contributed by atoms with van der Waals surface area (Å²) in [4.78, 5) is 33.9. The van der Waals surface area contributed by atoms with Crippen molar-refractivity contribution in [3.63, 3.8) is 0 Å². The Hall–Kier alpha value is -1.81. The van der Waals surface area contributed by atoms with Crippen molar-refractivity contribution in [3.05, 3.63) is 27.6 Å². The number of hydrogen-bond donors (Lipinski definition) is 2. The lowest BCUT2D eigenvalue weighted by atomic mass is 9.53. The SMILES string of the molecule is [C-]#[N+]c1c(SCC(=O)NC23CC4CC(CC(C4)C2)C3)nc(=O)[nH]c1C. The minimum absolute atomic E-state index is 0.00741. The van der Waals surface area contributed by atoms with Gasteiger partial charge in [0, 0.05) is 11.2 Å². The Kier molecular flexibility index (Phi) is 4.11. The number of carbonyl (C=O) groups excluding carboxylic acids is 1. The first-order valence-corrected chi connectivity index (χ1v) is 9.87. The average Bonchev–Trinajstić information content (AvgIpc) is 2.50. The molecule has 25 heavy (non-hydrogen) atoms. The third kappa shape index (κ3) is 3.20. The van der Waals surface area contributed by atoms with Crippen LogP contribution in [0.3, 0.4) is 0 Å². The van der Waals surface area contributed by atoms with E-state index in [1.165, 1.54) is 31.0 Å². The van der Waals surface area contributed by atoms with Gasteiger partial charge in [0.25, 0.3) is 0 Å². The van der Waals surface area contributed by atoms with Gasteiger partial charge in [-0.15, -0.1) is 11.8 Å². The van der Waals surface area contributed by atoms with Crippen LogP contribution in [-0.4, -0.2) is 27.2 Å². The Morgan fingerprint density at radius 1 is 1.32 bits per heavy atom. The van der Waals surface area contributed by atoms with Crippen molar-refractivity contribution in [2.75, 3.05) is 5.75 Å². The lowest BCUT2D eigenvalue weighted by Gasteiger charge is -2.56. The highest BCUT2D eigenvalue weighted by molar-refractivity contribution is 8.00. The zero-order chi connectivity index (χ0) is 17.6. The summed E-state index contributed by atoms with van der Waals surface area (Å²) >= 11 is 1.18. The minimum Gasteiger partial charge on any atom is -0.350 e. The van der Waals surface area contributed by atoms with E-state index in [0.29, 0.717) is 16.4 Å². The maximum Gasteiger partial charge on any atom is 0.343 e. The molecule has 1 amide bonds. The summed E-state index contributed by atoms with van der Waals surface area (Å²) in [5.74, 6) is 2.53. The van der Waals surface area contributed by atoms with Crippen LogP contribution in [0.5, 0.6) is 0 Å². The van der Waals surface area contributed by atoms with Crippen LogP contribution >= 0.6 is 11.8 Å². The van der Waals surface area contributed by atoms with Gasteiger partial charge in [-0.05, 0) is 63.2 Å². The molecule has 0 aromatic carbocycles. The van der Waals surface area contributed by atoms with Crippen LogP contribution < -0.4 is 11.0 Å². The van der Waals surface area contributed by atoms with E-state index in [-0.39, 0.29) is 17.2 Å². The molecule has 7 heteroatoms. The average molecular weight is 358 g/mol. The van der Waals surface area contributed by atoms with Crippen LogP contribution in [-0.2, 0) is 4.79 Å². The fourth-order valence-electron chi connectivity index (χ4n) is 5.51. The first kappa shape index (κ1) is 16.6. The molecule has 0 atom stereocenters. The molecule has 4 aliphatic rings. The Morgan fingerprint density at radius 3 is 2.48 bits per heavy atom. The van der Waals surface area contributed by atoms with Gasteiger partial charge < -0.3 is 10.3 Å². The van der Waals surface area contributed by atoms with E-state index >= 15 is 0 Å². The fraction of sp³-hybridized carbons (Fsp3) is 0.667. The number of aryl methyl sites for hydroxylation is 1. The van der Waals surface area contributed by atoms with Gasteiger partial charge in [0.05, 0.1) is 12.3 Å². The summed E-state index contributed by atoms with van der Waals surface area (Å²) in [6.45, 7) is 8.93. The highest BCUT2D eigenvalue weighted by atomic mass is 32.2. The van der Waals surface area contributed by atoms with Gasteiger partial charge in [-0.25, -0.2) is 9.64 Å². The Morgan fingerprint density at radius 2 is 1.92 bits per heavy atom. The molecule has 1 aromatic rings. The first-order chi connectivity index (χ1) is 12.0. The number of rotatable bonds is 4. The number of nitrogens with one attached hydrogen (secondary N) is 2. The van der Waals surface area contributed by atoms with Crippen molar-refractivity contribution in [2.45, 2.75) is 56.0 Å². The van der Waals surface area contributed by atoms with Crippen molar-refractivity contribution in [3.8, 4) is 0 Å². The number of amides is 1. The summed E-state index contributed by atoms with van der Waals surface area (Å²) in [7, 11) is 0. The molecule has 132 valence electrons. The lowest BCUT2D eigenvalue weighted by Crippen LogP contribution is -2.60. The van der Waals surface area contributed by atoms with Crippen molar-refractivity contribution in [1.29, 1.82) is 0 Å². The maximum absolute atomic E-state index is 12.5. The molecule has 4 saturated carbocycles. The zero-order valence-corrected chi connectivity index (χ0v) is 15.1. The van der Waals surface area contributed by atoms with E-state index in [1.807, 2.05) is 0 Å². The molecule has 0 spiro atoms. The topological polar surface area (TPSA) is 79.2 Å². The fourth-order valence-corrected chi connectivity index (χ4v) is 6.34. The van der Waals surface area contributed by atoms with Crippen molar-refractivity contribution < 1.29 is 4.79 Å². The summed E-state index contributed by atoms with van der Waals surface area (Å²) in [5.41, 5.74) is 0.340. The van der Waals surface area contributed by atoms with E-state index < -0.39 is 5.69 Å². The zero-order valence-electron chi connectivity index (χ0n) is 14.3. The van der Waals surface area contributed by atoms with Crippen LogP contribution in [0, 0.1) is 31.2 Å². The number of hydrogen-bond acceptors (Lipinski definition) is 4. The minimum atomic E-state index is -0.478. The standard InChI is InChI=1S/C18H22N4O2S/c1-10-15(19-2)16(21-17(24)20-10)25-9-14(23)22-18-6-11-3-12(7-18)5-13(4-11)8-18/h11-13H,3-9H2,1H3,(H,22,23)(H,20,21,24). The number of H-pyrrole nitrogens is 1. The Balaban J connectivity index is 1.42. The smallest absolute Gasteiger partial charge is 0.343 e. The third-order valence-electron chi connectivity index (χ3n) is 5.95. The van der Waals surface area contributed by atoms with Crippen molar-refractivity contribution in [2.24, 2.45) is 17.8 Å². The molecule has 4 bridgehead atoms. The molecular weight excluding hydrogens is 336 g/mol. The number of thioether (sulfide) groups is 1. The predicted molar refractivity (Wildman–Crippen MR) is 95.6 cm³/mol. The molecule has 5 rings (SSSR count). The molecule has 4 fully saturated rings. The summed E-state index contributed by atoms with van der Waals surface area (Å²) in [6, 6.07) is 0. The van der Waals surface area contributed by atoms with Gasteiger partial charge in [-0.3, -0.25) is 4.79 Å². The molecule has 0 radical (unpaired) electrons. The van der Waals surface area contributed by atoms with E-state index in [9.17, 15) is 9.59 Å². The number of carbonyl (C=O) groups is 1. The molecule has 1 heterocycles. The number of nitrogens with zero attached hydrogens (tertiary/aromatic N) is 2. The first-order valence-electron chi connectivity index (χ1n) is 8.88. The van der Waals surface area contributed by atoms with Crippen molar-refractivity contribution in [1.82, 2.24) is 15.3 Å². The van der Waals surface area contributed by atoms with E-state index in [0.717, 1.165) is 37.0 Å². The highest BCUT2D eigenvalue weighted by Crippen LogP contribution is 2.55. The van der Waals surface area contributed by atoms with Crippen LogP contribution in [0.1, 0.15) is 44.2 Å².